The van der Waals surface area contributed by atoms with Crippen molar-refractivity contribution in [3.63, 3.8) is 0 Å². The molecule has 2 N–H and O–H groups in total. The van der Waals surface area contributed by atoms with Crippen LogP contribution in [0.4, 0.5) is 5.13 Å². The highest BCUT2D eigenvalue weighted by Gasteiger charge is 2.31. The molecular weight excluding hydrogens is 368 g/mol. The van der Waals surface area contributed by atoms with Gasteiger partial charge in [0.2, 0.25) is 0 Å². The molecule has 2 aliphatic heterocycles. The molecule has 0 atom stereocenters. The van der Waals surface area contributed by atoms with Gasteiger partial charge in [-0.1, -0.05) is 17.1 Å². The second-order valence-electron chi connectivity index (χ2n) is 6.77. The summed E-state index contributed by atoms with van der Waals surface area (Å²) in [6.45, 7) is 4.05. The predicted octanol–water partition coefficient (Wildman–Crippen LogP) is -1.18. The Morgan fingerprint density at radius 2 is 1.96 bits per heavy atom. The third-order valence-corrected chi connectivity index (χ3v) is 7.31. The predicted molar refractivity (Wildman–Crippen MR) is 99.9 cm³/mol. The van der Waals surface area contributed by atoms with E-state index in [-0.39, 0.29) is 11.5 Å². The molecule has 134 valence electrons. The molecule has 0 aromatic carbocycles. The molecular formula is C18H18N4O2S2. The summed E-state index contributed by atoms with van der Waals surface area (Å²) in [5.74, 6) is -0.324. The van der Waals surface area contributed by atoms with Gasteiger partial charge in [-0.25, -0.2) is 9.97 Å². The van der Waals surface area contributed by atoms with Crippen molar-refractivity contribution < 1.29 is 15.2 Å². The average molecular weight is 387 g/mol. The van der Waals surface area contributed by atoms with E-state index < -0.39 is 0 Å². The number of carbonyl (C=O) groups is 1. The van der Waals surface area contributed by atoms with Gasteiger partial charge in [-0.15, -0.1) is 11.3 Å². The third kappa shape index (κ3) is 2.52. The van der Waals surface area contributed by atoms with Crippen molar-refractivity contribution in [3.8, 4) is 0 Å². The molecule has 0 bridgehead atoms. The maximum atomic E-state index is 12.7. The fourth-order valence-electron chi connectivity index (χ4n) is 3.68. The molecule has 2 fully saturated rings. The van der Waals surface area contributed by atoms with Crippen LogP contribution in [0, 0.1) is 0 Å². The molecule has 0 unspecified atom stereocenters. The van der Waals surface area contributed by atoms with Crippen LogP contribution in [0.5, 0.6) is 0 Å². The van der Waals surface area contributed by atoms with Crippen LogP contribution in [-0.4, -0.2) is 41.9 Å². The van der Waals surface area contributed by atoms with Crippen LogP contribution in [0.1, 0.15) is 24.1 Å². The molecule has 0 saturated carbocycles. The van der Waals surface area contributed by atoms with Gasteiger partial charge in [-0.3, -0.25) is 4.79 Å². The Hall–Kier alpha value is -2.03. The molecule has 2 aromatic heterocycles. The fourth-order valence-corrected chi connectivity index (χ4v) is 5.72. The van der Waals surface area contributed by atoms with Crippen molar-refractivity contribution in [2.45, 2.75) is 19.3 Å². The van der Waals surface area contributed by atoms with Gasteiger partial charge in [0.1, 0.15) is 11.2 Å². The van der Waals surface area contributed by atoms with E-state index in [9.17, 15) is 9.90 Å². The quantitative estimate of drug-likeness (QED) is 0.703. The maximum Gasteiger partial charge on any atom is 0.194 e. The number of allylic oxidation sites excluding steroid dienone is 2. The number of nitrogens with two attached hydrogens (primary N) is 1. The lowest BCUT2D eigenvalue weighted by Gasteiger charge is -2.28. The monoisotopic (exact) mass is 386 g/mol. The molecule has 4 heterocycles. The normalized spacial score (nSPS) is 24.6. The fraction of sp³-hybridized carbons (Fsp3) is 0.389. The van der Waals surface area contributed by atoms with Gasteiger partial charge in [0.05, 0.1) is 16.0 Å². The lowest BCUT2D eigenvalue weighted by Crippen LogP contribution is -2.80. The Labute approximate surface area is 158 Å². The van der Waals surface area contributed by atoms with Crippen LogP contribution >= 0.6 is 22.7 Å². The molecule has 26 heavy (non-hydrogen) atoms. The zero-order valence-corrected chi connectivity index (χ0v) is 15.8. The van der Waals surface area contributed by atoms with Crippen molar-refractivity contribution >= 4 is 50.3 Å². The van der Waals surface area contributed by atoms with Crippen LogP contribution in [0.3, 0.4) is 0 Å². The Kier molecular flexibility index (Phi) is 3.91. The van der Waals surface area contributed by atoms with Crippen LogP contribution in [0.15, 0.2) is 18.2 Å². The van der Waals surface area contributed by atoms with Crippen LogP contribution in [0.25, 0.3) is 16.7 Å². The molecule has 0 amide bonds. The zero-order valence-electron chi connectivity index (χ0n) is 14.2. The van der Waals surface area contributed by atoms with Crippen LogP contribution < -0.4 is 24.5 Å². The number of hydrogen-bond donors (Lipinski definition) is 1. The van der Waals surface area contributed by atoms with Crippen LogP contribution in [0.2, 0.25) is 0 Å². The van der Waals surface area contributed by atoms with Gasteiger partial charge in [0, 0.05) is 48.6 Å². The first kappa shape index (κ1) is 16.2. The second-order valence-corrected chi connectivity index (χ2v) is 8.81. The van der Waals surface area contributed by atoms with E-state index in [0.717, 1.165) is 42.4 Å². The summed E-state index contributed by atoms with van der Waals surface area (Å²) in [7, 11) is 0. The van der Waals surface area contributed by atoms with E-state index in [1.807, 2.05) is 0 Å². The minimum absolute atomic E-state index is 0.162. The lowest BCUT2D eigenvalue weighted by atomic mass is 9.88. The Morgan fingerprint density at radius 1 is 1.12 bits per heavy atom. The van der Waals surface area contributed by atoms with Crippen molar-refractivity contribution in [1.82, 2.24) is 9.97 Å². The van der Waals surface area contributed by atoms with Gasteiger partial charge in [-0.2, -0.15) is 0 Å². The number of quaternary nitrogens is 1. The summed E-state index contributed by atoms with van der Waals surface area (Å²) in [5.41, 5.74) is 1.89. The largest absolute Gasteiger partial charge is 0.871 e. The van der Waals surface area contributed by atoms with E-state index in [2.05, 4.69) is 20.2 Å². The summed E-state index contributed by atoms with van der Waals surface area (Å²) in [5, 5.41) is 15.8. The smallest absolute Gasteiger partial charge is 0.194 e. The molecule has 6 nitrogen and oxygen atoms in total. The van der Waals surface area contributed by atoms with Gasteiger partial charge in [0.15, 0.2) is 10.9 Å². The first-order valence-corrected chi connectivity index (χ1v) is 10.5. The molecule has 8 heteroatoms. The second kappa shape index (κ2) is 6.29. The number of thiazole rings is 2. The zero-order chi connectivity index (χ0) is 17.7. The first-order chi connectivity index (χ1) is 12.7. The van der Waals surface area contributed by atoms with Gasteiger partial charge >= 0.3 is 0 Å². The Balaban J connectivity index is 1.52. The number of carbonyl (C=O) groups excluding carboxylic acids is 1. The van der Waals surface area contributed by atoms with Crippen molar-refractivity contribution in [3.05, 3.63) is 32.2 Å². The highest BCUT2D eigenvalue weighted by molar-refractivity contribution is 7.17. The standard InChI is InChI=1S/C18H18N4O2S2/c23-15-13(11-8-20-17(25-11)10-3-4-19-7-10)16(24)14(15)12-9-21-18(26-12)22-5-1-2-6-22/h8-9,19,23H,1-7H2/b13-11+,17-10-. The Bertz CT molecular complexity index is 1040. The summed E-state index contributed by atoms with van der Waals surface area (Å²) in [6, 6.07) is 0. The molecule has 0 spiro atoms. The molecule has 0 radical (unpaired) electrons. The van der Waals surface area contributed by atoms with Gasteiger partial charge in [-0.05, 0) is 12.8 Å². The number of anilines is 1. The molecule has 1 aliphatic carbocycles. The minimum Gasteiger partial charge on any atom is -0.871 e. The highest BCUT2D eigenvalue weighted by Crippen LogP contribution is 2.39. The summed E-state index contributed by atoms with van der Waals surface area (Å²) >= 11 is 2.91. The van der Waals surface area contributed by atoms with E-state index in [0.29, 0.717) is 20.6 Å². The van der Waals surface area contributed by atoms with Crippen molar-refractivity contribution in [2.24, 2.45) is 0 Å². The topological polar surface area (TPSA) is 85.8 Å². The van der Waals surface area contributed by atoms with Gasteiger partial charge in [0.25, 0.3) is 0 Å². The molecule has 2 aromatic rings. The average Bonchev–Trinajstić information content (AvgIpc) is 3.40. The van der Waals surface area contributed by atoms with Crippen LogP contribution in [-0.2, 0) is 4.79 Å². The van der Waals surface area contributed by atoms with Gasteiger partial charge < -0.3 is 15.3 Å². The molecule has 2 saturated heterocycles. The summed E-state index contributed by atoms with van der Waals surface area (Å²) < 4.78 is 1.66. The summed E-state index contributed by atoms with van der Waals surface area (Å²) in [6.07, 6.45) is 6.72. The van der Waals surface area contributed by atoms with E-state index >= 15 is 0 Å². The van der Waals surface area contributed by atoms with E-state index in [4.69, 9.17) is 0 Å². The van der Waals surface area contributed by atoms with E-state index in [1.54, 1.807) is 12.4 Å². The summed E-state index contributed by atoms with van der Waals surface area (Å²) in [4.78, 5) is 24.4. The SMILES string of the molecule is O=C1C(c2cnc(N3CCCC3)s2)=C([O-])/C1=c1/cn/c(=C2\CC[NH2+]C2)s1. The number of hydrogen-bond acceptors (Lipinski definition) is 7. The number of aromatic nitrogens is 2. The molecule has 5 rings (SSSR count). The lowest BCUT2D eigenvalue weighted by molar-refractivity contribution is -0.630. The number of rotatable bonds is 2. The maximum absolute atomic E-state index is 12.7. The van der Waals surface area contributed by atoms with E-state index in [1.165, 1.54) is 41.1 Å². The minimum atomic E-state index is -0.162. The molecule has 3 aliphatic rings. The number of ketones is 1. The first-order valence-electron chi connectivity index (χ1n) is 8.90. The van der Waals surface area contributed by atoms with Crippen molar-refractivity contribution in [2.75, 3.05) is 31.1 Å². The van der Waals surface area contributed by atoms with Crippen molar-refractivity contribution in [1.29, 1.82) is 0 Å². The highest BCUT2D eigenvalue weighted by atomic mass is 32.1. The number of Topliss-reactive ketones (excluding diaryl/α,β-unsaturated/α-hetero) is 1. The third-order valence-electron chi connectivity index (χ3n) is 5.12. The Morgan fingerprint density at radius 3 is 2.69 bits per heavy atom. The number of nitrogens with zero attached hydrogens (tertiary/aromatic N) is 3.